The lowest BCUT2D eigenvalue weighted by Gasteiger charge is -2.37. The Hall–Kier alpha value is -3.25. The van der Waals surface area contributed by atoms with Crippen LogP contribution in [-0.2, 0) is 32.5 Å². The minimum atomic E-state index is -2.57. The lowest BCUT2D eigenvalue weighted by Crippen LogP contribution is -2.34. The maximum absolute atomic E-state index is 12.8. The van der Waals surface area contributed by atoms with Gasteiger partial charge in [0.2, 0.25) is 0 Å². The van der Waals surface area contributed by atoms with Crippen LogP contribution < -0.4 is 16.2 Å². The zero-order chi connectivity index (χ0) is 22.1. The highest BCUT2D eigenvalue weighted by atomic mass is 32.2. The zero-order valence-corrected chi connectivity index (χ0v) is 17.2. The molecule has 3 aromatic carbocycles. The molecular formula is C20H14N2O7S2. The Balaban J connectivity index is 1.98. The number of rotatable bonds is 2. The van der Waals surface area contributed by atoms with Crippen molar-refractivity contribution in [3.63, 3.8) is 0 Å². The van der Waals surface area contributed by atoms with Gasteiger partial charge in [0.1, 0.15) is 9.79 Å². The van der Waals surface area contributed by atoms with Gasteiger partial charge in [-0.1, -0.05) is 18.2 Å². The molecule has 2 aliphatic heterocycles. The van der Waals surface area contributed by atoms with E-state index in [9.17, 15) is 22.3 Å². The fraction of sp³-hybridized carbons (Fsp3) is 0.0500. The number of ether oxygens (including phenoxy) is 2. The fourth-order valence-corrected chi connectivity index (χ4v) is 5.30. The van der Waals surface area contributed by atoms with Crippen molar-refractivity contribution < 1.29 is 31.8 Å². The van der Waals surface area contributed by atoms with Crippen LogP contribution in [-0.4, -0.2) is 23.5 Å². The third kappa shape index (κ3) is 2.51. The first-order valence-corrected chi connectivity index (χ1v) is 11.1. The molecule has 0 saturated heterocycles. The first-order valence-electron chi connectivity index (χ1n) is 8.85. The Kier molecular flexibility index (Phi) is 4.21. The van der Waals surface area contributed by atoms with Gasteiger partial charge in [-0.05, 0) is 30.3 Å². The van der Waals surface area contributed by atoms with Crippen LogP contribution >= 0.6 is 0 Å². The summed E-state index contributed by atoms with van der Waals surface area (Å²) in [5, 5.41) is 0. The molecule has 2 heterocycles. The highest BCUT2D eigenvalue weighted by molar-refractivity contribution is 7.79. The van der Waals surface area contributed by atoms with Crippen molar-refractivity contribution in [3.05, 3.63) is 70.8 Å². The Morgan fingerprint density at radius 1 is 0.774 bits per heavy atom. The van der Waals surface area contributed by atoms with E-state index in [0.29, 0.717) is 5.56 Å². The Morgan fingerprint density at radius 3 is 1.81 bits per heavy atom. The van der Waals surface area contributed by atoms with Crippen molar-refractivity contribution in [2.24, 2.45) is 0 Å². The van der Waals surface area contributed by atoms with Gasteiger partial charge in [0.05, 0.1) is 16.9 Å². The second kappa shape index (κ2) is 6.62. The van der Waals surface area contributed by atoms with Gasteiger partial charge in [-0.15, -0.1) is 0 Å². The van der Waals surface area contributed by atoms with E-state index in [4.69, 9.17) is 20.9 Å². The number of esters is 1. The molecule has 1 spiro atoms. The number of hydrogen-bond donors (Lipinski definition) is 4. The minimum absolute atomic E-state index is 0.0358. The molecule has 31 heavy (non-hydrogen) atoms. The van der Waals surface area contributed by atoms with Crippen LogP contribution in [0.5, 0.6) is 11.5 Å². The van der Waals surface area contributed by atoms with Gasteiger partial charge >= 0.3 is 5.97 Å². The molecule has 0 bridgehead atoms. The number of hydrogen-bond acceptors (Lipinski definition) is 7. The van der Waals surface area contributed by atoms with Crippen molar-refractivity contribution in [2.45, 2.75) is 15.4 Å². The van der Waals surface area contributed by atoms with Gasteiger partial charge in [-0.2, -0.15) is 0 Å². The molecule has 3 aromatic rings. The van der Waals surface area contributed by atoms with Gasteiger partial charge in [-0.25, -0.2) is 13.2 Å². The Morgan fingerprint density at radius 2 is 1.29 bits per heavy atom. The predicted molar refractivity (Wildman–Crippen MR) is 112 cm³/mol. The third-order valence-corrected chi connectivity index (χ3v) is 6.91. The number of benzene rings is 3. The number of nitrogen functional groups attached to an aromatic ring is 2. The molecular weight excluding hydrogens is 444 g/mol. The lowest BCUT2D eigenvalue weighted by atomic mass is 9.77. The van der Waals surface area contributed by atoms with E-state index in [0.717, 1.165) is 0 Å². The monoisotopic (exact) mass is 458 g/mol. The normalized spacial score (nSPS) is 20.3. The number of anilines is 2. The molecule has 2 unspecified atom stereocenters. The molecule has 2 atom stereocenters. The molecule has 0 amide bonds. The molecule has 0 aromatic heterocycles. The second-order valence-electron chi connectivity index (χ2n) is 6.94. The van der Waals surface area contributed by atoms with Crippen LogP contribution in [0.15, 0.2) is 58.3 Å². The van der Waals surface area contributed by atoms with Gasteiger partial charge in [0.15, 0.2) is 39.3 Å². The average molecular weight is 458 g/mol. The van der Waals surface area contributed by atoms with Crippen molar-refractivity contribution in [2.75, 3.05) is 11.5 Å². The first kappa shape index (κ1) is 19.7. The zero-order valence-electron chi connectivity index (χ0n) is 15.5. The molecule has 0 aliphatic carbocycles. The van der Waals surface area contributed by atoms with E-state index in [-0.39, 0.29) is 49.4 Å². The molecule has 9 nitrogen and oxygen atoms in total. The summed E-state index contributed by atoms with van der Waals surface area (Å²) in [6.45, 7) is 0. The van der Waals surface area contributed by atoms with Crippen LogP contribution in [0.3, 0.4) is 0 Å². The van der Waals surface area contributed by atoms with E-state index in [1.165, 1.54) is 24.3 Å². The summed E-state index contributed by atoms with van der Waals surface area (Å²) in [6, 6.07) is 12.5. The number of nitrogens with two attached hydrogens (primary N) is 2. The lowest BCUT2D eigenvalue weighted by molar-refractivity contribution is 0.0221. The number of fused-ring (bicyclic) bond motifs is 6. The van der Waals surface area contributed by atoms with E-state index >= 15 is 0 Å². The van der Waals surface area contributed by atoms with Gasteiger partial charge in [0, 0.05) is 16.7 Å². The maximum Gasteiger partial charge on any atom is 0.340 e. The maximum atomic E-state index is 12.8. The SMILES string of the molecule is Nc1ccc2c(c1S(=O)O)Oc1c(ccc(N)c1S(=O)O)C21OC(=O)c2ccccc21. The van der Waals surface area contributed by atoms with Crippen molar-refractivity contribution >= 4 is 39.5 Å². The summed E-state index contributed by atoms with van der Waals surface area (Å²) in [5.74, 6) is -0.910. The summed E-state index contributed by atoms with van der Waals surface area (Å²) in [4.78, 5) is 12.3. The fourth-order valence-electron chi connectivity index (χ4n) is 4.14. The molecule has 6 N–H and O–H groups in total. The summed E-state index contributed by atoms with van der Waals surface area (Å²) in [6.07, 6.45) is 0. The van der Waals surface area contributed by atoms with Crippen molar-refractivity contribution in [1.29, 1.82) is 0 Å². The van der Waals surface area contributed by atoms with E-state index < -0.39 is 33.7 Å². The van der Waals surface area contributed by atoms with Crippen LogP contribution in [0.25, 0.3) is 0 Å². The predicted octanol–water partition coefficient (Wildman–Crippen LogP) is 2.58. The third-order valence-electron chi connectivity index (χ3n) is 5.37. The largest absolute Gasteiger partial charge is 0.454 e. The topological polar surface area (TPSA) is 162 Å². The van der Waals surface area contributed by atoms with Crippen LogP contribution in [0.2, 0.25) is 0 Å². The molecule has 0 radical (unpaired) electrons. The van der Waals surface area contributed by atoms with Crippen LogP contribution in [0, 0.1) is 0 Å². The molecule has 0 fully saturated rings. The standard InChI is InChI=1S/C20H14N2O7S2/c21-13-7-5-11-15(17(13)30(24)25)28-16-12(6-8-14(22)18(16)31(26)27)20(11)10-4-2-1-3-9(10)19(23)29-20/h1-8H,21-22H2,(H,24,25)(H,26,27). The summed E-state index contributed by atoms with van der Waals surface area (Å²) in [5.41, 5.74) is 11.4. The molecule has 2 aliphatic rings. The quantitative estimate of drug-likeness (QED) is 0.257. The second-order valence-corrected chi connectivity index (χ2v) is 8.75. The van der Waals surface area contributed by atoms with Gasteiger partial charge < -0.3 is 30.0 Å². The number of carbonyl (C=O) groups excluding carboxylic acids is 1. The van der Waals surface area contributed by atoms with Crippen molar-refractivity contribution in [1.82, 2.24) is 0 Å². The molecule has 158 valence electrons. The summed E-state index contributed by atoms with van der Waals surface area (Å²) < 4.78 is 55.8. The van der Waals surface area contributed by atoms with Gasteiger partial charge in [0.25, 0.3) is 0 Å². The number of carbonyl (C=O) groups is 1. The summed E-state index contributed by atoms with van der Waals surface area (Å²) in [7, 11) is 0. The molecule has 11 heteroatoms. The van der Waals surface area contributed by atoms with E-state index in [1.807, 2.05) is 0 Å². The Labute approximate surface area is 180 Å². The molecule has 5 rings (SSSR count). The van der Waals surface area contributed by atoms with E-state index in [1.54, 1.807) is 24.3 Å². The molecule has 0 saturated carbocycles. The highest BCUT2D eigenvalue weighted by Gasteiger charge is 2.55. The van der Waals surface area contributed by atoms with Crippen LogP contribution in [0.4, 0.5) is 11.4 Å². The highest BCUT2D eigenvalue weighted by Crippen LogP contribution is 2.59. The smallest absolute Gasteiger partial charge is 0.340 e. The van der Waals surface area contributed by atoms with Gasteiger partial charge in [-0.3, -0.25) is 0 Å². The van der Waals surface area contributed by atoms with Crippen LogP contribution in [0.1, 0.15) is 27.0 Å². The summed E-state index contributed by atoms with van der Waals surface area (Å²) >= 11 is -5.15. The Bertz CT molecular complexity index is 1290. The van der Waals surface area contributed by atoms with Crippen molar-refractivity contribution in [3.8, 4) is 11.5 Å². The average Bonchev–Trinajstić information content (AvgIpc) is 3.00. The van der Waals surface area contributed by atoms with E-state index in [2.05, 4.69) is 0 Å². The minimum Gasteiger partial charge on any atom is -0.454 e. The first-order chi connectivity index (χ1) is 14.8.